The molecule has 7 nitrogen and oxygen atoms in total. The molecule has 2 N–H and O–H groups in total. The summed E-state index contributed by atoms with van der Waals surface area (Å²) in [5.74, 6) is -0.806. The quantitative estimate of drug-likeness (QED) is 0.604. The van der Waals surface area contributed by atoms with Crippen LogP contribution in [-0.4, -0.2) is 24.5 Å². The van der Waals surface area contributed by atoms with E-state index in [9.17, 15) is 18.3 Å². The molecule has 0 aliphatic heterocycles. The van der Waals surface area contributed by atoms with Crippen LogP contribution >= 0.6 is 11.6 Å². The number of nitrogens with one attached hydrogen (secondary N) is 1. The zero-order chi connectivity index (χ0) is 20.1. The summed E-state index contributed by atoms with van der Waals surface area (Å²) in [6, 6.07) is 13.3. The van der Waals surface area contributed by atoms with Crippen molar-refractivity contribution in [2.24, 2.45) is 0 Å². The topological polar surface area (TPSA) is 106 Å². The van der Waals surface area contributed by atoms with E-state index in [1.807, 2.05) is 6.07 Å². The van der Waals surface area contributed by atoms with Gasteiger partial charge in [0.1, 0.15) is 12.4 Å². The predicted molar refractivity (Wildman–Crippen MR) is 104 cm³/mol. The monoisotopic (exact) mass is 418 g/mol. The van der Waals surface area contributed by atoms with Crippen molar-refractivity contribution in [2.75, 3.05) is 4.72 Å². The van der Waals surface area contributed by atoms with E-state index >= 15 is 0 Å². The largest absolute Gasteiger partial charge is 0.489 e. The molecule has 0 saturated heterocycles. The van der Waals surface area contributed by atoms with Crippen LogP contribution in [0.25, 0.3) is 0 Å². The van der Waals surface area contributed by atoms with Crippen LogP contribution in [0, 0.1) is 0 Å². The number of anilines is 1. The molecule has 0 spiro atoms. The fourth-order valence-electron chi connectivity index (χ4n) is 2.35. The third-order valence-corrected chi connectivity index (χ3v) is 5.34. The van der Waals surface area contributed by atoms with Crippen LogP contribution in [0.4, 0.5) is 5.69 Å². The van der Waals surface area contributed by atoms with Gasteiger partial charge in [-0.05, 0) is 48.5 Å². The number of aromatic carboxylic acids is 1. The maximum absolute atomic E-state index is 12.6. The summed E-state index contributed by atoms with van der Waals surface area (Å²) in [6.07, 6.45) is 3.33. The fraction of sp³-hybridized carbons (Fsp3) is 0.0526. The first-order valence-electron chi connectivity index (χ1n) is 8.02. The molecule has 9 heteroatoms. The minimum atomic E-state index is -3.99. The Kier molecular flexibility index (Phi) is 5.81. The highest BCUT2D eigenvalue weighted by Gasteiger charge is 2.19. The molecule has 0 fully saturated rings. The molecule has 3 aromatic rings. The zero-order valence-corrected chi connectivity index (χ0v) is 15.9. The first-order valence-corrected chi connectivity index (χ1v) is 9.89. The van der Waals surface area contributed by atoms with Gasteiger partial charge in [-0.1, -0.05) is 17.7 Å². The predicted octanol–water partition coefficient (Wildman–Crippen LogP) is 3.81. The highest BCUT2D eigenvalue weighted by atomic mass is 35.5. The van der Waals surface area contributed by atoms with Crippen molar-refractivity contribution in [1.82, 2.24) is 4.98 Å². The molecule has 28 heavy (non-hydrogen) atoms. The Hall–Kier alpha value is -3.10. The normalized spacial score (nSPS) is 11.0. The number of benzene rings is 2. The van der Waals surface area contributed by atoms with E-state index in [1.165, 1.54) is 42.5 Å². The number of hydrogen-bond donors (Lipinski definition) is 2. The number of halogens is 1. The molecular weight excluding hydrogens is 404 g/mol. The van der Waals surface area contributed by atoms with Gasteiger partial charge in [0, 0.05) is 23.0 Å². The lowest BCUT2D eigenvalue weighted by Gasteiger charge is -2.12. The summed E-state index contributed by atoms with van der Waals surface area (Å²) < 4.78 is 33.0. The Labute approximate surface area is 166 Å². The Bertz CT molecular complexity index is 1090. The molecule has 0 unspecified atom stereocenters. The maximum atomic E-state index is 12.6. The summed E-state index contributed by atoms with van der Waals surface area (Å²) in [5.41, 5.74) is 0.561. The van der Waals surface area contributed by atoms with Crippen LogP contribution in [0.2, 0.25) is 5.02 Å². The minimum Gasteiger partial charge on any atom is -0.489 e. The molecule has 0 bridgehead atoms. The van der Waals surface area contributed by atoms with Crippen LogP contribution < -0.4 is 9.46 Å². The van der Waals surface area contributed by atoms with Crippen LogP contribution in [-0.2, 0) is 16.6 Å². The van der Waals surface area contributed by atoms with Crippen molar-refractivity contribution >= 4 is 33.3 Å². The molecule has 0 aliphatic rings. The van der Waals surface area contributed by atoms with Gasteiger partial charge in [0.25, 0.3) is 10.0 Å². The Morgan fingerprint density at radius 3 is 2.54 bits per heavy atom. The second kappa shape index (κ2) is 8.28. The van der Waals surface area contributed by atoms with E-state index in [4.69, 9.17) is 16.3 Å². The molecular formula is C19H15ClN2O5S. The number of hydrogen-bond acceptors (Lipinski definition) is 5. The molecule has 1 heterocycles. The lowest BCUT2D eigenvalue weighted by atomic mass is 10.2. The van der Waals surface area contributed by atoms with Gasteiger partial charge < -0.3 is 9.84 Å². The molecule has 2 aromatic carbocycles. The van der Waals surface area contributed by atoms with Crippen LogP contribution in [0.5, 0.6) is 5.75 Å². The van der Waals surface area contributed by atoms with E-state index in [1.54, 1.807) is 18.5 Å². The first kappa shape index (κ1) is 19.7. The number of carbonyl (C=O) groups is 1. The number of sulfonamides is 1. The number of carboxylic acid groups (broad SMARTS) is 1. The molecule has 0 radical (unpaired) electrons. The third-order valence-electron chi connectivity index (χ3n) is 3.72. The SMILES string of the molecule is O=C(O)c1cc(Cl)ccc1NS(=O)(=O)c1ccc(OCc2cccnc2)cc1. The van der Waals surface area contributed by atoms with Crippen molar-refractivity contribution in [3.05, 3.63) is 83.1 Å². The van der Waals surface area contributed by atoms with Gasteiger partial charge in [-0.3, -0.25) is 9.71 Å². The second-order valence-electron chi connectivity index (χ2n) is 5.72. The molecule has 3 rings (SSSR count). The van der Waals surface area contributed by atoms with Crippen molar-refractivity contribution in [2.45, 2.75) is 11.5 Å². The standard InChI is InChI=1S/C19H15ClN2O5S/c20-14-3-8-18(17(10-14)19(23)24)22-28(25,26)16-6-4-15(5-7-16)27-12-13-2-1-9-21-11-13/h1-11,22H,12H2,(H,23,24). The van der Waals surface area contributed by atoms with Crippen molar-refractivity contribution < 1.29 is 23.1 Å². The van der Waals surface area contributed by atoms with Crippen LogP contribution in [0.15, 0.2) is 71.9 Å². The van der Waals surface area contributed by atoms with Gasteiger partial charge in [-0.15, -0.1) is 0 Å². The molecule has 0 amide bonds. The Morgan fingerprint density at radius 1 is 1.14 bits per heavy atom. The van der Waals surface area contributed by atoms with Crippen molar-refractivity contribution in [1.29, 1.82) is 0 Å². The highest BCUT2D eigenvalue weighted by molar-refractivity contribution is 7.92. The maximum Gasteiger partial charge on any atom is 0.337 e. The van der Waals surface area contributed by atoms with E-state index in [0.29, 0.717) is 12.4 Å². The smallest absolute Gasteiger partial charge is 0.337 e. The number of pyridine rings is 1. The van der Waals surface area contributed by atoms with Crippen molar-refractivity contribution in [3.63, 3.8) is 0 Å². The number of carboxylic acids is 1. The number of rotatable bonds is 7. The van der Waals surface area contributed by atoms with Crippen molar-refractivity contribution in [3.8, 4) is 5.75 Å². The lowest BCUT2D eigenvalue weighted by Crippen LogP contribution is -2.15. The van der Waals surface area contributed by atoms with Crippen LogP contribution in [0.1, 0.15) is 15.9 Å². The zero-order valence-electron chi connectivity index (χ0n) is 14.4. The number of ether oxygens (including phenoxy) is 1. The van der Waals surface area contributed by atoms with Gasteiger partial charge in [0.05, 0.1) is 16.1 Å². The van der Waals surface area contributed by atoms with Gasteiger partial charge in [-0.2, -0.15) is 0 Å². The van der Waals surface area contributed by atoms with E-state index < -0.39 is 16.0 Å². The average Bonchev–Trinajstić information content (AvgIpc) is 2.68. The highest BCUT2D eigenvalue weighted by Crippen LogP contribution is 2.25. The Balaban J connectivity index is 1.75. The number of aromatic nitrogens is 1. The third kappa shape index (κ3) is 4.79. The van der Waals surface area contributed by atoms with E-state index in [-0.39, 0.29) is 21.2 Å². The van der Waals surface area contributed by atoms with E-state index in [2.05, 4.69) is 9.71 Å². The Morgan fingerprint density at radius 2 is 1.89 bits per heavy atom. The summed E-state index contributed by atoms with van der Waals surface area (Å²) in [4.78, 5) is 15.3. The molecule has 0 saturated carbocycles. The van der Waals surface area contributed by atoms with Gasteiger partial charge in [-0.25, -0.2) is 13.2 Å². The molecule has 1 aromatic heterocycles. The first-order chi connectivity index (χ1) is 13.3. The van der Waals surface area contributed by atoms with Gasteiger partial charge in [0.2, 0.25) is 0 Å². The second-order valence-corrected chi connectivity index (χ2v) is 7.84. The fourth-order valence-corrected chi connectivity index (χ4v) is 3.60. The van der Waals surface area contributed by atoms with Gasteiger partial charge >= 0.3 is 5.97 Å². The molecule has 0 atom stereocenters. The summed E-state index contributed by atoms with van der Waals surface area (Å²) in [5, 5.41) is 9.42. The number of nitrogens with zero attached hydrogens (tertiary/aromatic N) is 1. The minimum absolute atomic E-state index is 0.0347. The molecule has 144 valence electrons. The van der Waals surface area contributed by atoms with Crippen LogP contribution in [0.3, 0.4) is 0 Å². The lowest BCUT2D eigenvalue weighted by molar-refractivity contribution is 0.0698. The average molecular weight is 419 g/mol. The van der Waals surface area contributed by atoms with Gasteiger partial charge in [0.15, 0.2) is 0 Å². The summed E-state index contributed by atoms with van der Waals surface area (Å²) in [6.45, 7) is 0.297. The van der Waals surface area contributed by atoms with E-state index in [0.717, 1.165) is 5.56 Å². The summed E-state index contributed by atoms with van der Waals surface area (Å²) in [7, 11) is -3.99. The summed E-state index contributed by atoms with van der Waals surface area (Å²) >= 11 is 5.78. The molecule has 0 aliphatic carbocycles.